The van der Waals surface area contributed by atoms with Gasteiger partial charge in [-0.25, -0.2) is 0 Å². The molecule has 0 aliphatic heterocycles. The molecule has 29 heavy (non-hydrogen) atoms. The Morgan fingerprint density at radius 2 is 1.79 bits per heavy atom. The zero-order valence-electron chi connectivity index (χ0n) is 16.5. The molecule has 0 radical (unpaired) electrons. The number of benzene rings is 2. The molecule has 3 aromatic rings. The van der Waals surface area contributed by atoms with Crippen LogP contribution in [0.15, 0.2) is 73.1 Å². The summed E-state index contributed by atoms with van der Waals surface area (Å²) < 4.78 is 5.75. The Morgan fingerprint density at radius 3 is 2.48 bits per heavy atom. The van der Waals surface area contributed by atoms with Crippen LogP contribution in [0.4, 0.5) is 5.69 Å². The SMILES string of the molecule is CN(C)C(=O)Cc1ccc(NC(=O)c2cccc(OCc3cccnc3)c2)cc1. The van der Waals surface area contributed by atoms with E-state index in [4.69, 9.17) is 4.74 Å². The molecule has 0 atom stereocenters. The van der Waals surface area contributed by atoms with Crippen molar-refractivity contribution >= 4 is 17.5 Å². The van der Waals surface area contributed by atoms with Gasteiger partial charge in [-0.3, -0.25) is 14.6 Å². The topological polar surface area (TPSA) is 71.5 Å². The van der Waals surface area contributed by atoms with Crippen LogP contribution in [0, 0.1) is 0 Å². The van der Waals surface area contributed by atoms with E-state index in [1.54, 1.807) is 61.7 Å². The van der Waals surface area contributed by atoms with E-state index in [1.807, 2.05) is 30.3 Å². The van der Waals surface area contributed by atoms with Gasteiger partial charge >= 0.3 is 0 Å². The standard InChI is InChI=1S/C23H23N3O3/c1-26(2)22(27)13-17-8-10-20(11-9-17)25-23(28)19-6-3-7-21(14-19)29-16-18-5-4-12-24-15-18/h3-12,14-15H,13,16H2,1-2H3,(H,25,28). The number of amides is 2. The summed E-state index contributed by atoms with van der Waals surface area (Å²) in [5.41, 5.74) is 3.01. The maximum absolute atomic E-state index is 12.6. The summed E-state index contributed by atoms with van der Waals surface area (Å²) in [5, 5.41) is 2.86. The molecule has 1 heterocycles. The fourth-order valence-electron chi connectivity index (χ4n) is 2.62. The predicted molar refractivity (Wildman–Crippen MR) is 112 cm³/mol. The van der Waals surface area contributed by atoms with Gasteiger partial charge in [0.25, 0.3) is 5.91 Å². The van der Waals surface area contributed by atoms with Gasteiger partial charge in [0.2, 0.25) is 5.91 Å². The number of pyridine rings is 1. The third-order valence-corrected chi connectivity index (χ3v) is 4.29. The zero-order chi connectivity index (χ0) is 20.6. The molecule has 0 aliphatic rings. The Kier molecular flexibility index (Phi) is 6.58. The predicted octanol–water partition coefficient (Wildman–Crippen LogP) is 3.54. The Hall–Kier alpha value is -3.67. The summed E-state index contributed by atoms with van der Waals surface area (Å²) in [6, 6.07) is 18.1. The minimum atomic E-state index is -0.228. The second kappa shape index (κ2) is 9.50. The number of carbonyl (C=O) groups excluding carboxylic acids is 2. The van der Waals surface area contributed by atoms with Crippen LogP contribution in [-0.2, 0) is 17.8 Å². The van der Waals surface area contributed by atoms with Gasteiger partial charge in [-0.2, -0.15) is 0 Å². The maximum atomic E-state index is 12.6. The van der Waals surface area contributed by atoms with Crippen molar-refractivity contribution in [2.24, 2.45) is 0 Å². The molecule has 0 aliphatic carbocycles. The first-order valence-electron chi connectivity index (χ1n) is 9.23. The summed E-state index contributed by atoms with van der Waals surface area (Å²) in [4.78, 5) is 29.9. The van der Waals surface area contributed by atoms with Gasteiger partial charge in [-0.05, 0) is 42.0 Å². The molecule has 0 fully saturated rings. The van der Waals surface area contributed by atoms with Gasteiger partial charge in [-0.1, -0.05) is 24.3 Å². The summed E-state index contributed by atoms with van der Waals surface area (Å²) in [6.07, 6.45) is 3.78. The van der Waals surface area contributed by atoms with Crippen LogP contribution >= 0.6 is 0 Å². The minimum Gasteiger partial charge on any atom is -0.489 e. The molecule has 0 bridgehead atoms. The number of aromatic nitrogens is 1. The summed E-state index contributed by atoms with van der Waals surface area (Å²) in [6.45, 7) is 0.381. The number of ether oxygens (including phenoxy) is 1. The van der Waals surface area contributed by atoms with Crippen LogP contribution in [0.5, 0.6) is 5.75 Å². The molecule has 0 saturated heterocycles. The van der Waals surface area contributed by atoms with Crippen LogP contribution in [-0.4, -0.2) is 35.8 Å². The van der Waals surface area contributed by atoms with Gasteiger partial charge in [-0.15, -0.1) is 0 Å². The third-order valence-electron chi connectivity index (χ3n) is 4.29. The second-order valence-corrected chi connectivity index (χ2v) is 6.79. The molecule has 3 rings (SSSR count). The quantitative estimate of drug-likeness (QED) is 0.671. The van der Waals surface area contributed by atoms with Crippen molar-refractivity contribution in [2.45, 2.75) is 13.0 Å². The van der Waals surface area contributed by atoms with Crippen LogP contribution in [0.1, 0.15) is 21.5 Å². The molecular formula is C23H23N3O3. The van der Waals surface area contributed by atoms with Crippen molar-refractivity contribution in [3.63, 3.8) is 0 Å². The van der Waals surface area contributed by atoms with Crippen molar-refractivity contribution in [3.05, 3.63) is 89.7 Å². The fourth-order valence-corrected chi connectivity index (χ4v) is 2.62. The van der Waals surface area contributed by atoms with Gasteiger partial charge < -0.3 is 15.0 Å². The van der Waals surface area contributed by atoms with Crippen LogP contribution in [0.25, 0.3) is 0 Å². The van der Waals surface area contributed by atoms with Crippen molar-refractivity contribution in [1.29, 1.82) is 0 Å². The lowest BCUT2D eigenvalue weighted by atomic mass is 10.1. The first kappa shape index (κ1) is 20.1. The molecule has 2 amide bonds. The van der Waals surface area contributed by atoms with Crippen molar-refractivity contribution in [2.75, 3.05) is 19.4 Å². The zero-order valence-corrected chi connectivity index (χ0v) is 16.5. The molecule has 0 saturated carbocycles. The molecule has 0 spiro atoms. The van der Waals surface area contributed by atoms with Crippen LogP contribution < -0.4 is 10.1 Å². The lowest BCUT2D eigenvalue weighted by molar-refractivity contribution is -0.127. The van der Waals surface area contributed by atoms with E-state index in [-0.39, 0.29) is 11.8 Å². The van der Waals surface area contributed by atoms with Crippen LogP contribution in [0.3, 0.4) is 0 Å². The number of nitrogens with one attached hydrogen (secondary N) is 1. The maximum Gasteiger partial charge on any atom is 0.255 e. The first-order valence-corrected chi connectivity index (χ1v) is 9.23. The Labute approximate surface area is 170 Å². The molecular weight excluding hydrogens is 366 g/mol. The van der Waals surface area contributed by atoms with E-state index in [1.165, 1.54) is 0 Å². The van der Waals surface area contributed by atoms with Gasteiger partial charge in [0.1, 0.15) is 12.4 Å². The van der Waals surface area contributed by atoms with Gasteiger partial charge in [0, 0.05) is 43.3 Å². The molecule has 1 N–H and O–H groups in total. The Bertz CT molecular complexity index is 970. The largest absolute Gasteiger partial charge is 0.489 e. The highest BCUT2D eigenvalue weighted by atomic mass is 16.5. The lowest BCUT2D eigenvalue weighted by Gasteiger charge is -2.11. The second-order valence-electron chi connectivity index (χ2n) is 6.79. The average molecular weight is 389 g/mol. The monoisotopic (exact) mass is 389 g/mol. The normalized spacial score (nSPS) is 10.3. The number of hydrogen-bond acceptors (Lipinski definition) is 4. The molecule has 6 heteroatoms. The smallest absolute Gasteiger partial charge is 0.255 e. The van der Waals surface area contributed by atoms with E-state index in [9.17, 15) is 9.59 Å². The Morgan fingerprint density at radius 1 is 1.00 bits per heavy atom. The molecule has 2 aromatic carbocycles. The number of nitrogens with zero attached hydrogens (tertiary/aromatic N) is 2. The summed E-state index contributed by atoms with van der Waals surface area (Å²) in [7, 11) is 3.46. The lowest BCUT2D eigenvalue weighted by Crippen LogP contribution is -2.23. The number of rotatable bonds is 7. The molecule has 148 valence electrons. The van der Waals surface area contributed by atoms with Crippen molar-refractivity contribution < 1.29 is 14.3 Å². The van der Waals surface area contributed by atoms with E-state index in [0.717, 1.165) is 11.1 Å². The highest BCUT2D eigenvalue weighted by Gasteiger charge is 2.09. The minimum absolute atomic E-state index is 0.0323. The summed E-state index contributed by atoms with van der Waals surface area (Å²) >= 11 is 0. The van der Waals surface area contributed by atoms with Crippen LogP contribution in [0.2, 0.25) is 0 Å². The van der Waals surface area contributed by atoms with Gasteiger partial charge in [0.15, 0.2) is 0 Å². The third kappa shape index (κ3) is 5.90. The van der Waals surface area contributed by atoms with Gasteiger partial charge in [0.05, 0.1) is 6.42 Å². The molecule has 1 aromatic heterocycles. The van der Waals surface area contributed by atoms with E-state index < -0.39 is 0 Å². The highest BCUT2D eigenvalue weighted by molar-refractivity contribution is 6.04. The number of carbonyl (C=O) groups is 2. The van der Waals surface area contributed by atoms with Crippen molar-refractivity contribution in [3.8, 4) is 5.75 Å². The van der Waals surface area contributed by atoms with Crippen molar-refractivity contribution in [1.82, 2.24) is 9.88 Å². The van der Waals surface area contributed by atoms with E-state index >= 15 is 0 Å². The highest BCUT2D eigenvalue weighted by Crippen LogP contribution is 2.17. The van der Waals surface area contributed by atoms with E-state index in [2.05, 4.69) is 10.3 Å². The Balaban J connectivity index is 1.59. The molecule has 0 unspecified atom stereocenters. The molecule has 6 nitrogen and oxygen atoms in total. The summed E-state index contributed by atoms with van der Waals surface area (Å²) in [5.74, 6) is 0.415. The fraction of sp³-hybridized carbons (Fsp3) is 0.174. The average Bonchev–Trinajstić information content (AvgIpc) is 2.74. The first-order chi connectivity index (χ1) is 14.0. The number of hydrogen-bond donors (Lipinski definition) is 1. The number of anilines is 1. The number of likely N-dealkylation sites (N-methyl/N-ethyl adjacent to an activating group) is 1. The van der Waals surface area contributed by atoms with E-state index in [0.29, 0.717) is 30.0 Å².